The smallest absolute Gasteiger partial charge is 0.0436 e. The molecule has 0 amide bonds. The molecule has 0 fully saturated rings. The molecule has 2 atom stereocenters. The van der Waals surface area contributed by atoms with E-state index in [2.05, 4.69) is 80.5 Å². The number of hydroxylamine groups is 1. The lowest BCUT2D eigenvalue weighted by Gasteiger charge is -2.22. The lowest BCUT2D eigenvalue weighted by atomic mass is 9.91. The van der Waals surface area contributed by atoms with Gasteiger partial charge in [-0.2, -0.15) is 0 Å². The first-order valence-electron chi connectivity index (χ1n) is 11.7. The molecule has 0 saturated carbocycles. The number of nitrogens with one attached hydrogen (secondary N) is 2. The molecule has 2 aromatic carbocycles. The van der Waals surface area contributed by atoms with E-state index in [-0.39, 0.29) is 5.92 Å². The second kappa shape index (κ2) is 13.4. The number of benzene rings is 2. The van der Waals surface area contributed by atoms with Crippen molar-refractivity contribution in [1.82, 2.24) is 10.8 Å². The molecule has 2 aromatic rings. The highest BCUT2D eigenvalue weighted by molar-refractivity contribution is 5.65. The molecule has 0 saturated heterocycles. The van der Waals surface area contributed by atoms with Crippen molar-refractivity contribution in [3.05, 3.63) is 102 Å². The van der Waals surface area contributed by atoms with Crippen LogP contribution in [0.3, 0.4) is 0 Å². The molecule has 2 rings (SSSR count). The maximum absolute atomic E-state index is 9.24. The number of hydrogen-bond acceptors (Lipinski definition) is 3. The van der Waals surface area contributed by atoms with Crippen LogP contribution in [0.15, 0.2) is 79.7 Å². The van der Waals surface area contributed by atoms with Crippen molar-refractivity contribution in [2.45, 2.75) is 46.0 Å². The summed E-state index contributed by atoms with van der Waals surface area (Å²) in [5.74, 6) is 7.15. The predicted octanol–water partition coefficient (Wildman–Crippen LogP) is 6.70. The summed E-state index contributed by atoms with van der Waals surface area (Å²) in [6, 6.07) is 16.7. The molecule has 3 nitrogen and oxygen atoms in total. The van der Waals surface area contributed by atoms with Gasteiger partial charge in [-0.1, -0.05) is 82.5 Å². The minimum atomic E-state index is -0.162. The molecule has 0 spiro atoms. The van der Waals surface area contributed by atoms with Gasteiger partial charge in [0.15, 0.2) is 0 Å². The average molecular weight is 443 g/mol. The highest BCUT2D eigenvalue weighted by Gasteiger charge is 2.17. The summed E-state index contributed by atoms with van der Waals surface area (Å²) in [5, 5.41) is 12.3. The average Bonchev–Trinajstić information content (AvgIpc) is 2.85. The lowest BCUT2D eigenvalue weighted by Crippen LogP contribution is -2.23. The molecule has 0 bridgehead atoms. The van der Waals surface area contributed by atoms with Gasteiger partial charge in [-0.15, -0.1) is 0 Å². The fraction of sp³-hybridized carbons (Fsp3) is 0.333. The van der Waals surface area contributed by atoms with Crippen LogP contribution in [-0.2, 0) is 6.42 Å². The van der Waals surface area contributed by atoms with E-state index in [4.69, 9.17) is 0 Å². The van der Waals surface area contributed by atoms with E-state index in [1.165, 1.54) is 24.8 Å². The first-order valence-corrected chi connectivity index (χ1v) is 11.7. The molecule has 3 heteroatoms. The van der Waals surface area contributed by atoms with Gasteiger partial charge >= 0.3 is 0 Å². The third-order valence-electron chi connectivity index (χ3n) is 6.21. The number of aryl methyl sites for hydroxylation is 1. The van der Waals surface area contributed by atoms with Gasteiger partial charge in [-0.25, -0.2) is 0 Å². The molecule has 2 unspecified atom stereocenters. The molecular weight excluding hydrogens is 404 g/mol. The van der Waals surface area contributed by atoms with Crippen LogP contribution in [0.25, 0.3) is 5.57 Å². The van der Waals surface area contributed by atoms with Crippen LogP contribution >= 0.6 is 0 Å². The van der Waals surface area contributed by atoms with Gasteiger partial charge in [0, 0.05) is 35.5 Å². The zero-order valence-corrected chi connectivity index (χ0v) is 20.4. The molecule has 0 radical (unpaired) electrons. The Balaban J connectivity index is 1.97. The first kappa shape index (κ1) is 26.0. The van der Waals surface area contributed by atoms with E-state index >= 15 is 0 Å². The molecule has 0 heterocycles. The third-order valence-corrected chi connectivity index (χ3v) is 6.21. The van der Waals surface area contributed by atoms with Crippen LogP contribution in [0.5, 0.6) is 0 Å². The Morgan fingerprint density at radius 3 is 2.03 bits per heavy atom. The van der Waals surface area contributed by atoms with Crippen molar-refractivity contribution in [2.24, 2.45) is 11.8 Å². The van der Waals surface area contributed by atoms with Crippen LogP contribution in [0.2, 0.25) is 0 Å². The minimum absolute atomic E-state index is 0.162. The summed E-state index contributed by atoms with van der Waals surface area (Å²) >= 11 is 0. The monoisotopic (exact) mass is 442 g/mol. The van der Waals surface area contributed by atoms with Crippen LogP contribution < -0.4 is 10.8 Å². The van der Waals surface area contributed by atoms with E-state index in [0.29, 0.717) is 12.1 Å². The fourth-order valence-electron chi connectivity index (χ4n) is 3.62. The summed E-state index contributed by atoms with van der Waals surface area (Å²) in [5.41, 5.74) is 8.74. The predicted molar refractivity (Wildman–Crippen MR) is 141 cm³/mol. The summed E-state index contributed by atoms with van der Waals surface area (Å²) < 4.78 is 0. The topological polar surface area (TPSA) is 44.3 Å². The van der Waals surface area contributed by atoms with Crippen molar-refractivity contribution < 1.29 is 5.21 Å². The van der Waals surface area contributed by atoms with Gasteiger partial charge < -0.3 is 5.32 Å². The van der Waals surface area contributed by atoms with Crippen molar-refractivity contribution >= 4 is 5.57 Å². The fourth-order valence-corrected chi connectivity index (χ4v) is 3.62. The third kappa shape index (κ3) is 8.33. The maximum atomic E-state index is 9.24. The molecule has 174 valence electrons. The van der Waals surface area contributed by atoms with Crippen LogP contribution in [0, 0.1) is 23.7 Å². The van der Waals surface area contributed by atoms with E-state index in [1.54, 1.807) is 7.05 Å². The molecule has 3 N–H and O–H groups in total. The Morgan fingerprint density at radius 1 is 0.939 bits per heavy atom. The molecule has 0 aliphatic rings. The van der Waals surface area contributed by atoms with Crippen LogP contribution in [-0.4, -0.2) is 12.3 Å². The number of rotatable bonds is 12. The van der Waals surface area contributed by atoms with Crippen LogP contribution in [0.1, 0.15) is 61.8 Å². The summed E-state index contributed by atoms with van der Waals surface area (Å²) in [6.45, 7) is 16.7. The van der Waals surface area contributed by atoms with E-state index in [0.717, 1.165) is 40.3 Å². The Bertz CT molecular complexity index is 974. The number of allylic oxidation sites excluding steroid dienone is 1. The summed E-state index contributed by atoms with van der Waals surface area (Å²) in [6.07, 6.45) is 5.52. The van der Waals surface area contributed by atoms with Gasteiger partial charge in [-0.05, 0) is 66.1 Å². The van der Waals surface area contributed by atoms with Gasteiger partial charge in [0.2, 0.25) is 0 Å². The normalized spacial score (nSPS) is 12.1. The standard InChI is InChI=1S/C30H38N2O/c1-7-22(2)9-8-10-26-11-13-27(14-12-26)15-16-28-17-19-29(20-18-28)23(3)21-30(24(4)31-6)25(5)32-33/h11-14,17-20,22,30-33H,3-5,7-10,21H2,1-2,6H3. The molecular formula is C30H38N2O. The Labute approximate surface area is 200 Å². The van der Waals surface area contributed by atoms with Crippen molar-refractivity contribution in [2.75, 3.05) is 7.05 Å². The molecule has 0 aliphatic heterocycles. The highest BCUT2D eigenvalue weighted by atomic mass is 16.5. The van der Waals surface area contributed by atoms with E-state index < -0.39 is 0 Å². The number of hydrogen-bond donors (Lipinski definition) is 3. The molecule has 33 heavy (non-hydrogen) atoms. The lowest BCUT2D eigenvalue weighted by molar-refractivity contribution is 0.189. The van der Waals surface area contributed by atoms with Gasteiger partial charge in [0.1, 0.15) is 0 Å². The summed E-state index contributed by atoms with van der Waals surface area (Å²) in [4.78, 5) is 0. The van der Waals surface area contributed by atoms with Crippen molar-refractivity contribution in [3.63, 3.8) is 0 Å². The van der Waals surface area contributed by atoms with Crippen molar-refractivity contribution in [3.8, 4) is 11.8 Å². The quantitative estimate of drug-likeness (QED) is 0.253. The SMILES string of the molecule is C=C(CC(C(=C)NC)C(=C)NO)c1ccc(C#Cc2ccc(CCCC(C)CC)cc2)cc1. The Morgan fingerprint density at radius 2 is 1.52 bits per heavy atom. The van der Waals surface area contributed by atoms with Crippen LogP contribution in [0.4, 0.5) is 0 Å². The van der Waals surface area contributed by atoms with Gasteiger partial charge in [0.05, 0.1) is 0 Å². The largest absolute Gasteiger partial charge is 0.391 e. The Kier molecular flexibility index (Phi) is 10.5. The highest BCUT2D eigenvalue weighted by Crippen LogP contribution is 2.27. The summed E-state index contributed by atoms with van der Waals surface area (Å²) in [7, 11) is 1.80. The Hall–Kier alpha value is -3.22. The molecule has 0 aliphatic carbocycles. The van der Waals surface area contributed by atoms with Gasteiger partial charge in [-0.3, -0.25) is 10.7 Å². The maximum Gasteiger partial charge on any atom is 0.0436 e. The van der Waals surface area contributed by atoms with Crippen molar-refractivity contribution in [1.29, 1.82) is 0 Å². The minimum Gasteiger partial charge on any atom is -0.391 e. The second-order valence-electron chi connectivity index (χ2n) is 8.70. The van der Waals surface area contributed by atoms with E-state index in [9.17, 15) is 5.21 Å². The first-order chi connectivity index (χ1) is 15.9. The molecule has 0 aromatic heterocycles. The second-order valence-corrected chi connectivity index (χ2v) is 8.70. The zero-order chi connectivity index (χ0) is 24.2. The van der Waals surface area contributed by atoms with E-state index in [1.807, 2.05) is 24.3 Å². The van der Waals surface area contributed by atoms with Gasteiger partial charge in [0.25, 0.3) is 0 Å². The zero-order valence-electron chi connectivity index (χ0n) is 20.4.